The zero-order valence-corrected chi connectivity index (χ0v) is 12.4. The molecule has 1 nitrogen and oxygen atoms in total. The molecule has 0 aliphatic heterocycles. The summed E-state index contributed by atoms with van der Waals surface area (Å²) in [6.45, 7) is 5.43. The van der Waals surface area contributed by atoms with E-state index in [0.717, 1.165) is 0 Å². The molecular weight excluding hydrogens is 206 g/mol. The Hall–Kier alpha value is -0.510. The zero-order valence-electron chi connectivity index (χ0n) is 12.4. The molecule has 1 heteroatoms. The van der Waals surface area contributed by atoms with Crippen LogP contribution in [-0.4, -0.2) is 0 Å². The minimum Gasteiger partial charge on any atom is -0.199 e. The molecule has 0 aromatic rings. The predicted octanol–water partition coefficient (Wildman–Crippen LogP) is 6.24. The second-order valence-corrected chi connectivity index (χ2v) is 4.47. The van der Waals surface area contributed by atoms with Gasteiger partial charge in [0.25, 0.3) is 0 Å². The molecule has 0 spiro atoms. The van der Waals surface area contributed by atoms with Crippen LogP contribution in [0.1, 0.15) is 97.8 Å². The highest BCUT2D eigenvalue weighted by Crippen LogP contribution is 2.15. The lowest BCUT2D eigenvalue weighted by Crippen LogP contribution is -1.85. The fourth-order valence-corrected chi connectivity index (χ4v) is 2.12. The Morgan fingerprint density at radius 2 is 0.588 bits per heavy atom. The first-order valence-electron chi connectivity index (χ1n) is 7.72. The average Bonchev–Trinajstić information content (AvgIpc) is 2.46. The summed E-state index contributed by atoms with van der Waals surface area (Å²) >= 11 is 0. The Balaban J connectivity index is 0. The van der Waals surface area contributed by atoms with Gasteiger partial charge in [0.2, 0.25) is 0 Å². The highest BCUT2D eigenvalue weighted by molar-refractivity contribution is 4.52. The van der Waals surface area contributed by atoms with E-state index in [1.807, 2.05) is 13.8 Å². The molecule has 0 aromatic carbocycles. The molecule has 17 heavy (non-hydrogen) atoms. The van der Waals surface area contributed by atoms with Crippen LogP contribution in [0.2, 0.25) is 0 Å². The van der Waals surface area contributed by atoms with E-state index in [9.17, 15) is 0 Å². The topological polar surface area (TPSA) is 23.8 Å². The van der Waals surface area contributed by atoms with Crippen LogP contribution in [0.15, 0.2) is 0 Å². The van der Waals surface area contributed by atoms with Crippen molar-refractivity contribution < 1.29 is 0 Å². The van der Waals surface area contributed by atoms with Crippen LogP contribution < -0.4 is 0 Å². The van der Waals surface area contributed by atoms with E-state index in [1.54, 1.807) is 6.07 Å². The maximum absolute atomic E-state index is 7.32. The fourth-order valence-electron chi connectivity index (χ4n) is 2.12. The van der Waals surface area contributed by atoms with Gasteiger partial charge in [-0.3, -0.25) is 0 Å². The molecule has 0 aromatic heterocycles. The molecule has 2 fully saturated rings. The minimum atomic E-state index is 1.43. The molecule has 2 rings (SSSR count). The summed E-state index contributed by atoms with van der Waals surface area (Å²) in [7, 11) is 0. The molecule has 0 heterocycles. The van der Waals surface area contributed by atoms with Crippen molar-refractivity contribution in [2.24, 2.45) is 0 Å². The molecule has 0 N–H and O–H groups in total. The minimum absolute atomic E-state index is 1.43. The first-order chi connectivity index (χ1) is 8.41. The van der Waals surface area contributed by atoms with Gasteiger partial charge in [-0.1, -0.05) is 90.9 Å². The van der Waals surface area contributed by atoms with Gasteiger partial charge >= 0.3 is 0 Å². The molecule has 0 unspecified atom stereocenters. The van der Waals surface area contributed by atoms with Crippen molar-refractivity contribution in [1.82, 2.24) is 0 Å². The SMILES string of the molecule is C1CCCCC1.C1CCCCC1.CC.CC#N. The van der Waals surface area contributed by atoms with Crippen LogP contribution in [0.3, 0.4) is 0 Å². The molecule has 2 aliphatic rings. The fraction of sp³-hybridized carbons (Fsp3) is 0.938. The largest absolute Gasteiger partial charge is 0.199 e. The van der Waals surface area contributed by atoms with E-state index < -0.39 is 0 Å². The second kappa shape index (κ2) is 20.8. The van der Waals surface area contributed by atoms with Gasteiger partial charge < -0.3 is 0 Å². The van der Waals surface area contributed by atoms with Gasteiger partial charge in [0.1, 0.15) is 0 Å². The summed E-state index contributed by atoms with van der Waals surface area (Å²) in [5.41, 5.74) is 0. The maximum atomic E-state index is 7.32. The highest BCUT2D eigenvalue weighted by atomic mass is 14.2. The number of hydrogen-bond donors (Lipinski definition) is 0. The molecule has 2 saturated carbocycles. The van der Waals surface area contributed by atoms with Gasteiger partial charge in [0.15, 0.2) is 0 Å². The molecule has 0 radical (unpaired) electrons. The number of nitrogens with zero attached hydrogens (tertiary/aromatic N) is 1. The van der Waals surface area contributed by atoms with Gasteiger partial charge in [-0.25, -0.2) is 0 Å². The van der Waals surface area contributed by atoms with E-state index >= 15 is 0 Å². The number of rotatable bonds is 0. The van der Waals surface area contributed by atoms with Gasteiger partial charge in [0.05, 0.1) is 6.07 Å². The van der Waals surface area contributed by atoms with E-state index in [0.29, 0.717) is 0 Å². The van der Waals surface area contributed by atoms with Crippen molar-refractivity contribution in [3.63, 3.8) is 0 Å². The first kappa shape index (κ1) is 18.8. The monoisotopic (exact) mass is 239 g/mol. The van der Waals surface area contributed by atoms with Gasteiger partial charge in [-0.15, -0.1) is 0 Å². The van der Waals surface area contributed by atoms with Crippen LogP contribution in [0.5, 0.6) is 0 Å². The standard InChI is InChI=1S/2C6H12.C2H3N.C2H6/c2*1-2-4-6-5-3-1;1-2-3;1-2/h2*1-6H2;1H3;1-2H3. The molecule has 0 bridgehead atoms. The van der Waals surface area contributed by atoms with E-state index in [1.165, 1.54) is 84.0 Å². The van der Waals surface area contributed by atoms with Crippen LogP contribution in [0, 0.1) is 11.3 Å². The Labute approximate surface area is 110 Å². The van der Waals surface area contributed by atoms with Crippen LogP contribution >= 0.6 is 0 Å². The maximum Gasteiger partial charge on any atom is 0.0587 e. The van der Waals surface area contributed by atoms with Crippen LogP contribution in [0.4, 0.5) is 0 Å². The highest BCUT2D eigenvalue weighted by Gasteiger charge is 1.96. The van der Waals surface area contributed by atoms with Gasteiger partial charge in [0, 0.05) is 6.92 Å². The van der Waals surface area contributed by atoms with Crippen molar-refractivity contribution in [3.05, 3.63) is 0 Å². The molecule has 2 aliphatic carbocycles. The molecule has 102 valence electrons. The number of hydrogen-bond acceptors (Lipinski definition) is 1. The molecule has 0 atom stereocenters. The lowest BCUT2D eigenvalue weighted by atomic mass is 10.0. The van der Waals surface area contributed by atoms with Crippen molar-refractivity contribution in [3.8, 4) is 6.07 Å². The Morgan fingerprint density at radius 1 is 0.529 bits per heavy atom. The summed E-state index contributed by atoms with van der Waals surface area (Å²) in [5.74, 6) is 0. The molecular formula is C16H33N. The third kappa shape index (κ3) is 21.4. The summed E-state index contributed by atoms with van der Waals surface area (Å²) < 4.78 is 0. The smallest absolute Gasteiger partial charge is 0.0587 e. The predicted molar refractivity (Wildman–Crippen MR) is 78.0 cm³/mol. The van der Waals surface area contributed by atoms with Crippen molar-refractivity contribution in [2.45, 2.75) is 97.8 Å². The normalized spacial score (nSPS) is 17.8. The Bertz CT molecular complexity index is 103. The van der Waals surface area contributed by atoms with Crippen molar-refractivity contribution in [2.75, 3.05) is 0 Å². The van der Waals surface area contributed by atoms with E-state index in [2.05, 4.69) is 0 Å². The number of nitriles is 1. The third-order valence-electron chi connectivity index (χ3n) is 3.00. The second-order valence-electron chi connectivity index (χ2n) is 4.47. The quantitative estimate of drug-likeness (QED) is 0.491. The third-order valence-corrected chi connectivity index (χ3v) is 3.00. The van der Waals surface area contributed by atoms with Crippen molar-refractivity contribution >= 4 is 0 Å². The van der Waals surface area contributed by atoms with Crippen LogP contribution in [-0.2, 0) is 0 Å². The van der Waals surface area contributed by atoms with Crippen molar-refractivity contribution in [1.29, 1.82) is 5.26 Å². The summed E-state index contributed by atoms with van der Waals surface area (Å²) in [4.78, 5) is 0. The zero-order chi connectivity index (χ0) is 13.2. The molecule has 0 amide bonds. The van der Waals surface area contributed by atoms with E-state index in [-0.39, 0.29) is 0 Å². The lowest BCUT2D eigenvalue weighted by molar-refractivity contribution is 0.504. The molecule has 0 saturated heterocycles. The summed E-state index contributed by atoms with van der Waals surface area (Å²) in [6, 6.07) is 1.75. The van der Waals surface area contributed by atoms with Gasteiger partial charge in [-0.05, 0) is 0 Å². The van der Waals surface area contributed by atoms with Crippen LogP contribution in [0.25, 0.3) is 0 Å². The van der Waals surface area contributed by atoms with Gasteiger partial charge in [-0.2, -0.15) is 5.26 Å². The first-order valence-corrected chi connectivity index (χ1v) is 7.72. The summed E-state index contributed by atoms with van der Waals surface area (Å²) in [5, 5.41) is 7.32. The lowest BCUT2D eigenvalue weighted by Gasteiger charge is -2.05. The average molecular weight is 239 g/mol. The Morgan fingerprint density at radius 3 is 0.647 bits per heavy atom. The van der Waals surface area contributed by atoms with E-state index in [4.69, 9.17) is 5.26 Å². The Kier molecular flexibility index (Phi) is 23.1. The summed E-state index contributed by atoms with van der Waals surface area (Å²) in [6.07, 6.45) is 18.0.